The van der Waals surface area contributed by atoms with Crippen LogP contribution < -0.4 is 5.73 Å². The minimum atomic E-state index is -3.71. The number of benzene rings is 1. The second-order valence-corrected chi connectivity index (χ2v) is 6.74. The smallest absolute Gasteiger partial charge is 0.246 e. The highest BCUT2D eigenvalue weighted by Gasteiger charge is 2.26. The van der Waals surface area contributed by atoms with E-state index in [1.807, 2.05) is 0 Å². The average Bonchev–Trinajstić information content (AvgIpc) is 2.80. The van der Waals surface area contributed by atoms with Crippen molar-refractivity contribution in [1.29, 1.82) is 0 Å². The third-order valence-corrected chi connectivity index (χ3v) is 5.02. The molecular formula is C14H17FN2O3S. The van der Waals surface area contributed by atoms with Gasteiger partial charge in [0.25, 0.3) is 0 Å². The molecule has 2 N–H and O–H groups in total. The Bertz CT molecular complexity index is 740. The highest BCUT2D eigenvalue weighted by molar-refractivity contribution is 7.89. The molecule has 0 saturated carbocycles. The van der Waals surface area contributed by atoms with Gasteiger partial charge in [0.05, 0.1) is 6.54 Å². The van der Waals surface area contributed by atoms with E-state index in [0.717, 1.165) is 4.31 Å². The molecule has 0 amide bonds. The predicted molar refractivity (Wildman–Crippen MR) is 76.4 cm³/mol. The zero-order valence-electron chi connectivity index (χ0n) is 11.8. The molecule has 2 rings (SSSR count). The monoisotopic (exact) mass is 312 g/mol. The molecule has 0 bridgehead atoms. The molecule has 1 aromatic carbocycles. The number of halogens is 1. The molecule has 7 heteroatoms. The number of furan rings is 1. The van der Waals surface area contributed by atoms with Gasteiger partial charge in [0, 0.05) is 19.7 Å². The molecular weight excluding hydrogens is 295 g/mol. The Morgan fingerprint density at radius 3 is 2.62 bits per heavy atom. The maximum Gasteiger partial charge on any atom is 0.246 e. The first-order chi connectivity index (χ1) is 9.84. The zero-order valence-corrected chi connectivity index (χ0v) is 12.7. The highest BCUT2D eigenvalue weighted by atomic mass is 32.2. The van der Waals surface area contributed by atoms with Gasteiger partial charge < -0.3 is 10.2 Å². The molecule has 0 aliphatic rings. The Labute approximate surface area is 123 Å². The molecule has 0 aliphatic heterocycles. The third kappa shape index (κ3) is 3.31. The number of hydrogen-bond donors (Lipinski definition) is 1. The minimum absolute atomic E-state index is 0.0721. The highest BCUT2D eigenvalue weighted by Crippen LogP contribution is 2.24. The summed E-state index contributed by atoms with van der Waals surface area (Å²) < 4.78 is 44.6. The third-order valence-electron chi connectivity index (χ3n) is 3.11. The van der Waals surface area contributed by atoms with Crippen molar-refractivity contribution in [3.63, 3.8) is 0 Å². The lowest BCUT2D eigenvalue weighted by Crippen LogP contribution is -2.26. The number of sulfonamides is 1. The van der Waals surface area contributed by atoms with Crippen LogP contribution in [-0.4, -0.2) is 19.8 Å². The Balaban J connectivity index is 2.28. The van der Waals surface area contributed by atoms with Crippen molar-refractivity contribution >= 4 is 10.0 Å². The molecule has 1 aromatic heterocycles. The second-order valence-electron chi connectivity index (χ2n) is 4.73. The van der Waals surface area contributed by atoms with Crippen LogP contribution in [0.3, 0.4) is 0 Å². The van der Waals surface area contributed by atoms with Crippen LogP contribution in [0.25, 0.3) is 0 Å². The standard InChI is InChI=1S/C14H17FN2O3S/c1-10-14(7-13(8-16)20-10)21(18,19)17(2)9-11-4-3-5-12(15)6-11/h3-7H,8-9,16H2,1-2H3. The van der Waals surface area contributed by atoms with E-state index in [4.69, 9.17) is 10.2 Å². The fraction of sp³-hybridized carbons (Fsp3) is 0.286. The largest absolute Gasteiger partial charge is 0.464 e. The molecule has 21 heavy (non-hydrogen) atoms. The molecule has 0 saturated heterocycles. The first-order valence-electron chi connectivity index (χ1n) is 6.34. The average molecular weight is 312 g/mol. The predicted octanol–water partition coefficient (Wildman–Crippen LogP) is 2.01. The van der Waals surface area contributed by atoms with Crippen molar-refractivity contribution in [2.24, 2.45) is 5.73 Å². The lowest BCUT2D eigenvalue weighted by atomic mass is 10.2. The summed E-state index contributed by atoms with van der Waals surface area (Å²) >= 11 is 0. The summed E-state index contributed by atoms with van der Waals surface area (Å²) in [6.07, 6.45) is 0. The van der Waals surface area contributed by atoms with E-state index in [0.29, 0.717) is 17.1 Å². The molecule has 5 nitrogen and oxygen atoms in total. The van der Waals surface area contributed by atoms with Gasteiger partial charge in [-0.05, 0) is 24.6 Å². The first-order valence-corrected chi connectivity index (χ1v) is 7.78. The van der Waals surface area contributed by atoms with Gasteiger partial charge in [0.15, 0.2) is 0 Å². The lowest BCUT2D eigenvalue weighted by molar-refractivity contribution is 0.455. The number of aryl methyl sites for hydroxylation is 1. The van der Waals surface area contributed by atoms with E-state index in [-0.39, 0.29) is 18.0 Å². The number of hydrogen-bond acceptors (Lipinski definition) is 4. The van der Waals surface area contributed by atoms with Gasteiger partial charge in [-0.15, -0.1) is 0 Å². The van der Waals surface area contributed by atoms with Crippen LogP contribution >= 0.6 is 0 Å². The summed E-state index contributed by atoms with van der Waals surface area (Å²) in [6, 6.07) is 7.25. The van der Waals surface area contributed by atoms with Crippen LogP contribution in [-0.2, 0) is 23.1 Å². The maximum absolute atomic E-state index is 13.2. The van der Waals surface area contributed by atoms with Crippen molar-refractivity contribution in [3.05, 3.63) is 53.2 Å². The van der Waals surface area contributed by atoms with Crippen molar-refractivity contribution in [2.45, 2.75) is 24.9 Å². The Hall–Kier alpha value is -1.70. The number of nitrogens with zero attached hydrogens (tertiary/aromatic N) is 1. The van der Waals surface area contributed by atoms with Gasteiger partial charge in [-0.1, -0.05) is 12.1 Å². The van der Waals surface area contributed by atoms with Crippen LogP contribution in [0, 0.1) is 12.7 Å². The van der Waals surface area contributed by atoms with Crippen LogP contribution in [0.15, 0.2) is 39.6 Å². The van der Waals surface area contributed by atoms with Gasteiger partial charge in [-0.2, -0.15) is 4.31 Å². The summed E-state index contributed by atoms with van der Waals surface area (Å²) in [5.74, 6) is 0.301. The molecule has 0 fully saturated rings. The molecule has 0 spiro atoms. The van der Waals surface area contributed by atoms with Crippen molar-refractivity contribution in [1.82, 2.24) is 4.31 Å². The summed E-state index contributed by atoms with van der Waals surface area (Å²) in [7, 11) is -2.27. The lowest BCUT2D eigenvalue weighted by Gasteiger charge is -2.16. The fourth-order valence-corrected chi connectivity index (χ4v) is 3.37. The first kappa shape index (κ1) is 15.7. The molecule has 0 aliphatic carbocycles. The Morgan fingerprint density at radius 1 is 1.33 bits per heavy atom. The normalized spacial score (nSPS) is 12.0. The van der Waals surface area contributed by atoms with E-state index < -0.39 is 15.8 Å². The summed E-state index contributed by atoms with van der Waals surface area (Å²) in [5, 5.41) is 0. The Kier molecular flexibility index (Phi) is 4.46. The summed E-state index contributed by atoms with van der Waals surface area (Å²) in [5.41, 5.74) is 6.02. The van der Waals surface area contributed by atoms with Gasteiger partial charge in [-0.25, -0.2) is 12.8 Å². The molecule has 0 radical (unpaired) electrons. The van der Waals surface area contributed by atoms with E-state index in [1.165, 1.54) is 25.2 Å². The quantitative estimate of drug-likeness (QED) is 0.916. The number of rotatable bonds is 5. The van der Waals surface area contributed by atoms with Crippen LogP contribution in [0.2, 0.25) is 0 Å². The van der Waals surface area contributed by atoms with E-state index >= 15 is 0 Å². The van der Waals surface area contributed by atoms with E-state index in [1.54, 1.807) is 19.1 Å². The second kappa shape index (κ2) is 5.97. The minimum Gasteiger partial charge on any atom is -0.464 e. The molecule has 0 atom stereocenters. The topological polar surface area (TPSA) is 76.5 Å². The number of nitrogens with two attached hydrogens (primary N) is 1. The van der Waals surface area contributed by atoms with E-state index in [9.17, 15) is 12.8 Å². The molecule has 1 heterocycles. The van der Waals surface area contributed by atoms with Crippen LogP contribution in [0.4, 0.5) is 4.39 Å². The molecule has 114 valence electrons. The SMILES string of the molecule is Cc1oc(CN)cc1S(=O)(=O)N(C)Cc1cccc(F)c1. The van der Waals surface area contributed by atoms with Crippen LogP contribution in [0.1, 0.15) is 17.1 Å². The van der Waals surface area contributed by atoms with Crippen molar-refractivity contribution in [2.75, 3.05) is 7.05 Å². The summed E-state index contributed by atoms with van der Waals surface area (Å²) in [4.78, 5) is 0.0850. The zero-order chi connectivity index (χ0) is 15.6. The van der Waals surface area contributed by atoms with Gasteiger partial charge >= 0.3 is 0 Å². The Morgan fingerprint density at radius 2 is 2.05 bits per heavy atom. The van der Waals surface area contributed by atoms with Crippen molar-refractivity contribution in [3.8, 4) is 0 Å². The van der Waals surface area contributed by atoms with E-state index in [2.05, 4.69) is 0 Å². The van der Waals surface area contributed by atoms with Crippen molar-refractivity contribution < 1.29 is 17.2 Å². The fourth-order valence-electron chi connectivity index (χ4n) is 2.03. The molecule has 0 unspecified atom stereocenters. The maximum atomic E-state index is 13.2. The summed E-state index contributed by atoms with van der Waals surface area (Å²) in [6.45, 7) is 1.77. The van der Waals surface area contributed by atoms with Gasteiger partial charge in [-0.3, -0.25) is 0 Å². The van der Waals surface area contributed by atoms with Gasteiger partial charge in [0.1, 0.15) is 22.2 Å². The van der Waals surface area contributed by atoms with Gasteiger partial charge in [0.2, 0.25) is 10.0 Å². The molecule has 2 aromatic rings. The van der Waals surface area contributed by atoms with Crippen LogP contribution in [0.5, 0.6) is 0 Å².